The molecular formula is C14H15FN4O4. The first-order valence-corrected chi connectivity index (χ1v) is 6.86. The lowest BCUT2D eigenvalue weighted by Gasteiger charge is -2.04. The fraction of sp³-hybridized carbons (Fsp3) is 0.286. The van der Waals surface area contributed by atoms with Crippen molar-refractivity contribution in [2.45, 2.75) is 19.4 Å². The van der Waals surface area contributed by atoms with Crippen LogP contribution in [-0.2, 0) is 11.3 Å². The minimum atomic E-state index is -0.914. The summed E-state index contributed by atoms with van der Waals surface area (Å²) in [5.41, 5.74) is 0.470. The molecule has 2 rings (SSSR count). The van der Waals surface area contributed by atoms with Crippen LogP contribution in [0, 0.1) is 5.82 Å². The van der Waals surface area contributed by atoms with Gasteiger partial charge < -0.3 is 20.3 Å². The summed E-state index contributed by atoms with van der Waals surface area (Å²) in [5.74, 6) is -0.927. The highest BCUT2D eigenvalue weighted by atomic mass is 19.1. The van der Waals surface area contributed by atoms with E-state index in [2.05, 4.69) is 20.8 Å². The van der Waals surface area contributed by atoms with Crippen molar-refractivity contribution < 1.29 is 23.6 Å². The van der Waals surface area contributed by atoms with E-state index in [1.807, 2.05) is 0 Å². The molecule has 9 heteroatoms. The fourth-order valence-corrected chi connectivity index (χ4v) is 1.73. The molecule has 0 fully saturated rings. The number of aliphatic carboxylic acids is 1. The molecule has 0 saturated heterocycles. The number of aromatic nitrogens is 2. The van der Waals surface area contributed by atoms with Crippen molar-refractivity contribution in [2.24, 2.45) is 0 Å². The zero-order chi connectivity index (χ0) is 16.7. The maximum atomic E-state index is 13.1. The molecule has 0 bridgehead atoms. The van der Waals surface area contributed by atoms with Crippen LogP contribution in [0.5, 0.6) is 0 Å². The van der Waals surface area contributed by atoms with E-state index in [0.717, 1.165) is 0 Å². The first kappa shape index (κ1) is 16.4. The molecule has 0 aliphatic heterocycles. The molecule has 2 aromatic rings. The van der Waals surface area contributed by atoms with E-state index in [0.29, 0.717) is 12.0 Å². The van der Waals surface area contributed by atoms with Gasteiger partial charge in [0.15, 0.2) is 0 Å². The van der Waals surface area contributed by atoms with E-state index >= 15 is 0 Å². The highest BCUT2D eigenvalue weighted by Crippen LogP contribution is 2.16. The number of carbonyl (C=O) groups is 2. The number of hydrogen-bond donors (Lipinski definition) is 3. The van der Waals surface area contributed by atoms with Gasteiger partial charge in [-0.25, -0.2) is 9.18 Å². The van der Waals surface area contributed by atoms with Gasteiger partial charge in [0.25, 0.3) is 0 Å². The second-order valence-electron chi connectivity index (χ2n) is 4.63. The van der Waals surface area contributed by atoms with Crippen molar-refractivity contribution in [3.05, 3.63) is 36.0 Å². The predicted octanol–water partition coefficient (Wildman–Crippen LogP) is 1.54. The number of rotatable bonds is 7. The number of benzene rings is 1. The van der Waals surface area contributed by atoms with Crippen LogP contribution >= 0.6 is 0 Å². The summed E-state index contributed by atoms with van der Waals surface area (Å²) >= 11 is 0. The lowest BCUT2D eigenvalue weighted by molar-refractivity contribution is -0.137. The largest absolute Gasteiger partial charge is 0.481 e. The van der Waals surface area contributed by atoms with Gasteiger partial charge in [-0.05, 0) is 18.6 Å². The Hall–Kier alpha value is -2.97. The molecule has 2 amide bonds. The van der Waals surface area contributed by atoms with Crippen molar-refractivity contribution in [1.82, 2.24) is 20.8 Å². The number of hydrogen-bond acceptors (Lipinski definition) is 5. The highest BCUT2D eigenvalue weighted by molar-refractivity contribution is 5.73. The van der Waals surface area contributed by atoms with Crippen molar-refractivity contribution in [3.63, 3.8) is 0 Å². The van der Waals surface area contributed by atoms with E-state index in [1.165, 1.54) is 18.2 Å². The molecule has 1 aromatic heterocycles. The van der Waals surface area contributed by atoms with Gasteiger partial charge >= 0.3 is 12.0 Å². The third kappa shape index (κ3) is 5.38. The van der Waals surface area contributed by atoms with Crippen LogP contribution in [-0.4, -0.2) is 33.8 Å². The molecule has 3 N–H and O–H groups in total. The SMILES string of the molecule is O=C(O)CCCNC(=O)NCc1nc(-c2cccc(F)c2)no1. The molecule has 1 aromatic carbocycles. The van der Waals surface area contributed by atoms with Gasteiger partial charge in [0, 0.05) is 18.5 Å². The minimum absolute atomic E-state index is 0.00702. The number of amides is 2. The third-order valence-corrected chi connectivity index (χ3v) is 2.80. The molecule has 1 heterocycles. The van der Waals surface area contributed by atoms with Crippen molar-refractivity contribution >= 4 is 12.0 Å². The van der Waals surface area contributed by atoms with E-state index in [9.17, 15) is 14.0 Å². The highest BCUT2D eigenvalue weighted by Gasteiger charge is 2.10. The Morgan fingerprint density at radius 1 is 1.30 bits per heavy atom. The van der Waals surface area contributed by atoms with Crippen LogP contribution in [0.4, 0.5) is 9.18 Å². The fourth-order valence-electron chi connectivity index (χ4n) is 1.73. The average Bonchev–Trinajstić information content (AvgIpc) is 2.98. The number of urea groups is 1. The summed E-state index contributed by atoms with van der Waals surface area (Å²) in [5, 5.41) is 17.2. The van der Waals surface area contributed by atoms with Crippen LogP contribution < -0.4 is 10.6 Å². The second-order valence-corrected chi connectivity index (χ2v) is 4.63. The zero-order valence-electron chi connectivity index (χ0n) is 12.1. The molecule has 8 nitrogen and oxygen atoms in total. The van der Waals surface area contributed by atoms with Crippen molar-refractivity contribution in [2.75, 3.05) is 6.54 Å². The van der Waals surface area contributed by atoms with Gasteiger partial charge in [0.2, 0.25) is 11.7 Å². The number of carboxylic acids is 1. The van der Waals surface area contributed by atoms with Crippen LogP contribution in [0.2, 0.25) is 0 Å². The molecule has 0 aliphatic rings. The Morgan fingerprint density at radius 3 is 2.87 bits per heavy atom. The minimum Gasteiger partial charge on any atom is -0.481 e. The first-order valence-electron chi connectivity index (χ1n) is 6.86. The topological polar surface area (TPSA) is 117 Å². The molecule has 0 atom stereocenters. The normalized spacial score (nSPS) is 10.3. The quantitative estimate of drug-likeness (QED) is 0.666. The Kier molecular flexibility index (Phi) is 5.61. The van der Waals surface area contributed by atoms with E-state index in [1.54, 1.807) is 6.07 Å². The van der Waals surface area contributed by atoms with Gasteiger partial charge in [-0.2, -0.15) is 4.98 Å². The lowest BCUT2D eigenvalue weighted by atomic mass is 10.2. The molecule has 122 valence electrons. The van der Waals surface area contributed by atoms with E-state index in [4.69, 9.17) is 9.63 Å². The summed E-state index contributed by atoms with van der Waals surface area (Å²) in [4.78, 5) is 25.8. The molecule has 0 aliphatic carbocycles. The summed E-state index contributed by atoms with van der Waals surface area (Å²) in [6.07, 6.45) is 0.327. The van der Waals surface area contributed by atoms with Gasteiger partial charge in [-0.15, -0.1) is 0 Å². The van der Waals surface area contributed by atoms with Gasteiger partial charge in [0.1, 0.15) is 5.82 Å². The molecule has 0 unspecified atom stereocenters. The monoisotopic (exact) mass is 322 g/mol. The van der Waals surface area contributed by atoms with Crippen molar-refractivity contribution in [1.29, 1.82) is 0 Å². The van der Waals surface area contributed by atoms with Gasteiger partial charge in [-0.3, -0.25) is 4.79 Å². The van der Waals surface area contributed by atoms with Crippen LogP contribution in [0.3, 0.4) is 0 Å². The lowest BCUT2D eigenvalue weighted by Crippen LogP contribution is -2.35. The molecule has 0 spiro atoms. The summed E-state index contributed by atoms with van der Waals surface area (Å²) in [7, 11) is 0. The standard InChI is InChI=1S/C14H15FN4O4/c15-10-4-1-3-9(7-10)13-18-11(23-19-13)8-17-14(22)16-6-2-5-12(20)21/h1,3-4,7H,2,5-6,8H2,(H,20,21)(H2,16,17,22). The summed E-state index contributed by atoms with van der Waals surface area (Å²) < 4.78 is 18.1. The van der Waals surface area contributed by atoms with Crippen LogP contribution in [0.25, 0.3) is 11.4 Å². The molecule has 0 radical (unpaired) electrons. The maximum Gasteiger partial charge on any atom is 0.315 e. The Bertz CT molecular complexity index is 689. The average molecular weight is 322 g/mol. The summed E-state index contributed by atoms with van der Waals surface area (Å²) in [6.45, 7) is 0.254. The number of carboxylic acid groups (broad SMARTS) is 1. The first-order chi connectivity index (χ1) is 11.0. The van der Waals surface area contributed by atoms with Crippen LogP contribution in [0.1, 0.15) is 18.7 Å². The smallest absolute Gasteiger partial charge is 0.315 e. The number of carbonyl (C=O) groups excluding carboxylic acids is 1. The Labute approximate surface area is 130 Å². The third-order valence-electron chi connectivity index (χ3n) is 2.80. The van der Waals surface area contributed by atoms with Crippen LogP contribution in [0.15, 0.2) is 28.8 Å². The maximum absolute atomic E-state index is 13.1. The molecular weight excluding hydrogens is 307 g/mol. The Morgan fingerprint density at radius 2 is 2.13 bits per heavy atom. The number of nitrogens with one attached hydrogen (secondary N) is 2. The molecule has 23 heavy (non-hydrogen) atoms. The van der Waals surface area contributed by atoms with E-state index in [-0.39, 0.29) is 31.2 Å². The zero-order valence-corrected chi connectivity index (χ0v) is 12.1. The van der Waals surface area contributed by atoms with Gasteiger partial charge in [-0.1, -0.05) is 17.3 Å². The van der Waals surface area contributed by atoms with Gasteiger partial charge in [0.05, 0.1) is 6.54 Å². The van der Waals surface area contributed by atoms with Crippen molar-refractivity contribution in [3.8, 4) is 11.4 Å². The number of halogens is 1. The van der Waals surface area contributed by atoms with E-state index < -0.39 is 17.8 Å². The number of nitrogens with zero attached hydrogens (tertiary/aromatic N) is 2. The summed E-state index contributed by atoms with van der Waals surface area (Å²) in [6, 6.07) is 5.28. The Balaban J connectivity index is 1.78. The second kappa shape index (κ2) is 7.87. The predicted molar refractivity (Wildman–Crippen MR) is 76.8 cm³/mol. The molecule has 0 saturated carbocycles.